The highest BCUT2D eigenvalue weighted by Gasteiger charge is 2.23. The average molecular weight is 300 g/mol. The first-order chi connectivity index (χ1) is 9.81. The van der Waals surface area contributed by atoms with E-state index in [1.54, 1.807) is 18.2 Å². The molecule has 0 aromatic heterocycles. The van der Waals surface area contributed by atoms with Gasteiger partial charge < -0.3 is 0 Å². The van der Waals surface area contributed by atoms with Crippen LogP contribution in [0.15, 0.2) is 64.9 Å². The third kappa shape index (κ3) is 3.82. The van der Waals surface area contributed by atoms with E-state index in [0.29, 0.717) is 4.90 Å². The second-order valence-electron chi connectivity index (χ2n) is 6.00. The van der Waals surface area contributed by atoms with Crippen molar-refractivity contribution in [3.63, 3.8) is 0 Å². The molecule has 0 spiro atoms. The van der Waals surface area contributed by atoms with Crippen LogP contribution in [0.2, 0.25) is 0 Å². The molecule has 0 aliphatic rings. The summed E-state index contributed by atoms with van der Waals surface area (Å²) < 4.78 is 25.2. The summed E-state index contributed by atoms with van der Waals surface area (Å²) in [5, 5.41) is 1.28. The Morgan fingerprint density at radius 1 is 0.857 bits per heavy atom. The summed E-state index contributed by atoms with van der Waals surface area (Å²) in [5.41, 5.74) is 1.49. The summed E-state index contributed by atoms with van der Waals surface area (Å²) in [6.45, 7) is 6.05. The van der Waals surface area contributed by atoms with Gasteiger partial charge in [-0.2, -0.15) is 0 Å². The van der Waals surface area contributed by atoms with Crippen LogP contribution in [0.5, 0.6) is 0 Å². The maximum Gasteiger partial charge on any atom is 0.200 e. The highest BCUT2D eigenvalue weighted by atomic mass is 32.2. The van der Waals surface area contributed by atoms with E-state index in [4.69, 9.17) is 0 Å². The first kappa shape index (κ1) is 15.5. The molecule has 0 bridgehead atoms. The van der Waals surface area contributed by atoms with Gasteiger partial charge in [-0.25, -0.2) is 8.42 Å². The zero-order valence-corrected chi connectivity index (χ0v) is 13.4. The molecule has 0 aliphatic carbocycles. The Morgan fingerprint density at radius 3 is 2.05 bits per heavy atom. The molecule has 0 N–H and O–H groups in total. The predicted octanol–water partition coefficient (Wildman–Crippen LogP) is 4.43. The number of hydrogen-bond acceptors (Lipinski definition) is 2. The summed E-state index contributed by atoms with van der Waals surface area (Å²) in [5.74, 6) is 0. The van der Waals surface area contributed by atoms with Crippen LogP contribution < -0.4 is 0 Å². The maximum atomic E-state index is 12.6. The Balaban J connectivity index is 2.44. The van der Waals surface area contributed by atoms with Gasteiger partial charge in [-0.3, -0.25) is 0 Å². The second-order valence-corrected chi connectivity index (χ2v) is 7.81. The minimum atomic E-state index is -3.45. The van der Waals surface area contributed by atoms with Gasteiger partial charge in [0, 0.05) is 5.41 Å². The molecule has 2 rings (SSSR count). The van der Waals surface area contributed by atoms with Gasteiger partial charge in [0.2, 0.25) is 0 Å². The summed E-state index contributed by atoms with van der Waals surface area (Å²) in [4.78, 5) is 0.379. The fraction of sp³-hybridized carbons (Fsp3) is 0.222. The molecule has 0 heterocycles. The third-order valence-electron chi connectivity index (χ3n) is 3.24. The van der Waals surface area contributed by atoms with Crippen molar-refractivity contribution in [3.8, 4) is 0 Å². The molecule has 2 aromatic carbocycles. The van der Waals surface area contributed by atoms with Crippen molar-refractivity contribution < 1.29 is 8.42 Å². The highest BCUT2D eigenvalue weighted by Crippen LogP contribution is 2.29. The topological polar surface area (TPSA) is 34.1 Å². The van der Waals surface area contributed by atoms with Crippen LogP contribution in [0.3, 0.4) is 0 Å². The van der Waals surface area contributed by atoms with Crippen molar-refractivity contribution in [1.82, 2.24) is 0 Å². The zero-order chi connectivity index (χ0) is 15.5. The lowest BCUT2D eigenvalue weighted by molar-refractivity contribution is 0.565. The molecule has 0 saturated heterocycles. The van der Waals surface area contributed by atoms with Gasteiger partial charge in [0.1, 0.15) is 0 Å². The molecule has 0 amide bonds. The van der Waals surface area contributed by atoms with Crippen molar-refractivity contribution >= 4 is 15.9 Å². The average Bonchev–Trinajstić information content (AvgIpc) is 2.45. The van der Waals surface area contributed by atoms with Gasteiger partial charge in [0.05, 0.1) is 4.90 Å². The van der Waals surface area contributed by atoms with Crippen molar-refractivity contribution in [3.05, 3.63) is 71.1 Å². The summed E-state index contributed by atoms with van der Waals surface area (Å²) in [6, 6.07) is 16.6. The molecule has 0 atom stereocenters. The standard InChI is InChI=1S/C18H20O2S/c1-18(2,3)16-11-7-8-12-17(16)21(19,20)14-13-15-9-5-4-6-10-15/h4-14H,1-3H3/b14-13+. The lowest BCUT2D eigenvalue weighted by Crippen LogP contribution is -2.15. The van der Waals surface area contributed by atoms with Gasteiger partial charge in [-0.1, -0.05) is 69.3 Å². The normalized spacial score (nSPS) is 12.7. The van der Waals surface area contributed by atoms with Crippen molar-refractivity contribution in [2.75, 3.05) is 0 Å². The van der Waals surface area contributed by atoms with E-state index in [2.05, 4.69) is 0 Å². The van der Waals surface area contributed by atoms with Crippen molar-refractivity contribution in [1.29, 1.82) is 0 Å². The minimum Gasteiger partial charge on any atom is -0.219 e. The SMILES string of the molecule is CC(C)(C)c1ccccc1S(=O)(=O)/C=C/c1ccccc1. The molecular weight excluding hydrogens is 280 g/mol. The van der Waals surface area contributed by atoms with Gasteiger partial charge in [0.15, 0.2) is 9.84 Å². The fourth-order valence-corrected chi connectivity index (χ4v) is 3.57. The number of sulfone groups is 1. The monoisotopic (exact) mass is 300 g/mol. The van der Waals surface area contributed by atoms with Crippen molar-refractivity contribution in [2.24, 2.45) is 0 Å². The minimum absolute atomic E-state index is 0.218. The smallest absolute Gasteiger partial charge is 0.200 e. The van der Waals surface area contributed by atoms with E-state index in [0.717, 1.165) is 11.1 Å². The molecule has 3 heteroatoms. The lowest BCUT2D eigenvalue weighted by atomic mass is 9.87. The van der Waals surface area contributed by atoms with Gasteiger partial charge >= 0.3 is 0 Å². The van der Waals surface area contributed by atoms with Gasteiger partial charge in [-0.15, -0.1) is 0 Å². The zero-order valence-electron chi connectivity index (χ0n) is 12.6. The van der Waals surface area contributed by atoms with Crippen molar-refractivity contribution in [2.45, 2.75) is 31.1 Å². The molecule has 0 fully saturated rings. The Morgan fingerprint density at radius 2 is 1.43 bits per heavy atom. The van der Waals surface area contributed by atoms with Crippen LogP contribution in [0.4, 0.5) is 0 Å². The van der Waals surface area contributed by atoms with Crippen LogP contribution in [0.25, 0.3) is 6.08 Å². The van der Waals surface area contributed by atoms with Crippen LogP contribution in [-0.4, -0.2) is 8.42 Å². The molecule has 21 heavy (non-hydrogen) atoms. The number of hydrogen-bond donors (Lipinski definition) is 0. The van der Waals surface area contributed by atoms with E-state index in [1.165, 1.54) is 5.41 Å². The van der Waals surface area contributed by atoms with E-state index in [1.807, 2.05) is 63.2 Å². The third-order valence-corrected chi connectivity index (χ3v) is 4.70. The highest BCUT2D eigenvalue weighted by molar-refractivity contribution is 7.94. The van der Waals surface area contributed by atoms with E-state index < -0.39 is 9.84 Å². The summed E-state index contributed by atoms with van der Waals surface area (Å²) >= 11 is 0. The van der Waals surface area contributed by atoms with E-state index in [-0.39, 0.29) is 5.41 Å². The Kier molecular flexibility index (Phi) is 4.33. The molecular formula is C18H20O2S. The summed E-state index contributed by atoms with van der Waals surface area (Å²) in [6.07, 6.45) is 1.63. The first-order valence-electron chi connectivity index (χ1n) is 6.88. The summed E-state index contributed by atoms with van der Waals surface area (Å²) in [7, 11) is -3.45. The number of benzene rings is 2. The molecule has 0 unspecified atom stereocenters. The molecule has 2 nitrogen and oxygen atoms in total. The predicted molar refractivity (Wildman–Crippen MR) is 87.8 cm³/mol. The molecule has 110 valence electrons. The van der Waals surface area contributed by atoms with E-state index in [9.17, 15) is 8.42 Å². The molecule has 0 radical (unpaired) electrons. The molecule has 0 aliphatic heterocycles. The van der Waals surface area contributed by atoms with Gasteiger partial charge in [0.25, 0.3) is 0 Å². The molecule has 2 aromatic rings. The molecule has 0 saturated carbocycles. The lowest BCUT2D eigenvalue weighted by Gasteiger charge is -2.21. The van der Waals surface area contributed by atoms with E-state index >= 15 is 0 Å². The number of rotatable bonds is 3. The Hall–Kier alpha value is -1.87. The quantitative estimate of drug-likeness (QED) is 0.840. The van der Waals surface area contributed by atoms with Crippen LogP contribution >= 0.6 is 0 Å². The van der Waals surface area contributed by atoms with Gasteiger partial charge in [-0.05, 0) is 28.7 Å². The maximum absolute atomic E-state index is 12.6. The first-order valence-corrected chi connectivity index (χ1v) is 8.43. The van der Waals surface area contributed by atoms with Crippen LogP contribution in [-0.2, 0) is 15.3 Å². The largest absolute Gasteiger partial charge is 0.219 e. The Bertz CT molecular complexity index is 736. The van der Waals surface area contributed by atoms with Crippen LogP contribution in [0, 0.1) is 0 Å². The Labute approximate surface area is 127 Å². The van der Waals surface area contributed by atoms with Crippen LogP contribution in [0.1, 0.15) is 31.9 Å². The second kappa shape index (κ2) is 5.86. The fourth-order valence-electron chi connectivity index (χ4n) is 2.14.